The second kappa shape index (κ2) is 12.5. The van der Waals surface area contributed by atoms with Gasteiger partial charge in [-0.05, 0) is 61.4 Å². The minimum Gasteiger partial charge on any atom is -0.486 e. The van der Waals surface area contributed by atoms with Crippen LogP contribution in [0, 0.1) is 0 Å². The Morgan fingerprint density at radius 2 is 1.56 bits per heavy atom. The summed E-state index contributed by atoms with van der Waals surface area (Å²) in [5.41, 5.74) is 1.69. The summed E-state index contributed by atoms with van der Waals surface area (Å²) in [6, 6.07) is 17.5. The topological polar surface area (TPSA) is 89.5 Å². The maximum Gasteiger partial charge on any atom is 0.270 e. The van der Waals surface area contributed by atoms with Gasteiger partial charge >= 0.3 is 0 Å². The third kappa shape index (κ3) is 7.55. The summed E-state index contributed by atoms with van der Waals surface area (Å²) in [6.45, 7) is 4.65. The highest BCUT2D eigenvalue weighted by molar-refractivity contribution is 7.09. The van der Waals surface area contributed by atoms with Crippen LogP contribution in [0.1, 0.15) is 66.5 Å². The van der Waals surface area contributed by atoms with Crippen LogP contribution < -0.4 is 20.1 Å². The summed E-state index contributed by atoms with van der Waals surface area (Å²) in [7, 11) is 0. The lowest BCUT2D eigenvalue weighted by molar-refractivity contribution is -0.124. The van der Waals surface area contributed by atoms with Crippen molar-refractivity contribution in [3.63, 3.8) is 0 Å². The Balaban J connectivity index is 1.16. The average Bonchev–Trinajstić information content (AvgIpc) is 3.38. The summed E-state index contributed by atoms with van der Waals surface area (Å²) < 4.78 is 11.3. The smallest absolute Gasteiger partial charge is 0.270 e. The molecule has 2 N–H and O–H groups in total. The van der Waals surface area contributed by atoms with Crippen molar-refractivity contribution in [2.24, 2.45) is 0 Å². The zero-order valence-electron chi connectivity index (χ0n) is 20.7. The first-order valence-electron chi connectivity index (χ1n) is 12.4. The van der Waals surface area contributed by atoms with Crippen molar-refractivity contribution in [2.75, 3.05) is 6.61 Å². The molecule has 1 saturated carbocycles. The number of hydrogen-bond acceptors (Lipinski definition) is 6. The van der Waals surface area contributed by atoms with Crippen molar-refractivity contribution in [3.05, 3.63) is 76.2 Å². The molecule has 0 bridgehead atoms. The zero-order valence-corrected chi connectivity index (χ0v) is 21.6. The molecule has 36 heavy (non-hydrogen) atoms. The molecule has 0 radical (unpaired) electrons. The van der Waals surface area contributed by atoms with Crippen molar-refractivity contribution in [1.82, 2.24) is 15.6 Å². The minimum atomic E-state index is -0.164. The SMILES string of the molecule is CC(C)c1ccc(OCc2nc(C(=O)NC3CCC(NC(=O)COc4ccccc4)CC3)cs2)cc1. The summed E-state index contributed by atoms with van der Waals surface area (Å²) in [4.78, 5) is 29.3. The van der Waals surface area contributed by atoms with Gasteiger partial charge in [-0.15, -0.1) is 11.3 Å². The lowest BCUT2D eigenvalue weighted by Gasteiger charge is -2.29. The fourth-order valence-corrected chi connectivity index (χ4v) is 4.84. The molecule has 2 amide bonds. The van der Waals surface area contributed by atoms with E-state index >= 15 is 0 Å². The van der Waals surface area contributed by atoms with E-state index in [2.05, 4.69) is 41.6 Å². The first-order chi connectivity index (χ1) is 17.5. The Morgan fingerprint density at radius 3 is 2.22 bits per heavy atom. The van der Waals surface area contributed by atoms with Crippen LogP contribution in [-0.2, 0) is 11.4 Å². The molecule has 1 heterocycles. The van der Waals surface area contributed by atoms with Gasteiger partial charge in [0.2, 0.25) is 0 Å². The third-order valence-corrected chi connectivity index (χ3v) is 7.06. The van der Waals surface area contributed by atoms with Gasteiger partial charge in [-0.1, -0.05) is 44.2 Å². The zero-order chi connectivity index (χ0) is 25.3. The van der Waals surface area contributed by atoms with Crippen LogP contribution in [-0.4, -0.2) is 35.5 Å². The molecule has 1 aliphatic carbocycles. The molecular formula is C28H33N3O4S. The van der Waals surface area contributed by atoms with Gasteiger partial charge in [0.05, 0.1) is 0 Å². The van der Waals surface area contributed by atoms with Crippen molar-refractivity contribution < 1.29 is 19.1 Å². The van der Waals surface area contributed by atoms with E-state index in [1.807, 2.05) is 42.5 Å². The number of ether oxygens (including phenoxy) is 2. The van der Waals surface area contributed by atoms with E-state index in [0.29, 0.717) is 24.0 Å². The first-order valence-corrected chi connectivity index (χ1v) is 13.3. The molecule has 0 atom stereocenters. The van der Waals surface area contributed by atoms with Gasteiger partial charge in [0.15, 0.2) is 6.61 Å². The van der Waals surface area contributed by atoms with E-state index in [-0.39, 0.29) is 30.5 Å². The summed E-state index contributed by atoms with van der Waals surface area (Å²) in [5.74, 6) is 1.65. The lowest BCUT2D eigenvalue weighted by Crippen LogP contribution is -2.45. The molecular weight excluding hydrogens is 474 g/mol. The normalized spacial score (nSPS) is 17.4. The number of hydrogen-bond donors (Lipinski definition) is 2. The number of nitrogens with one attached hydrogen (secondary N) is 2. The molecule has 3 aromatic rings. The van der Waals surface area contributed by atoms with Gasteiger partial charge in [0, 0.05) is 17.5 Å². The molecule has 4 rings (SSSR count). The van der Waals surface area contributed by atoms with Crippen LogP contribution in [0.3, 0.4) is 0 Å². The molecule has 8 heteroatoms. The first kappa shape index (κ1) is 25.7. The predicted molar refractivity (Wildman–Crippen MR) is 141 cm³/mol. The Bertz CT molecular complexity index is 1120. The van der Waals surface area contributed by atoms with Crippen molar-refractivity contribution in [3.8, 4) is 11.5 Å². The number of para-hydroxylation sites is 1. The van der Waals surface area contributed by atoms with Crippen molar-refractivity contribution >= 4 is 23.2 Å². The number of thiazole rings is 1. The molecule has 1 fully saturated rings. The standard InChI is InChI=1S/C28H33N3O4S/c1-19(2)20-8-14-24(15-9-20)35-17-27-31-25(18-36-27)28(33)30-22-12-10-21(11-13-22)29-26(32)16-34-23-6-4-3-5-7-23/h3-9,14-15,18-19,21-22H,10-13,16-17H2,1-2H3,(H,29,32)(H,30,33). The number of amides is 2. The highest BCUT2D eigenvalue weighted by Gasteiger charge is 2.24. The van der Waals surface area contributed by atoms with E-state index < -0.39 is 0 Å². The van der Waals surface area contributed by atoms with Gasteiger partial charge in [-0.3, -0.25) is 9.59 Å². The monoisotopic (exact) mass is 507 g/mol. The molecule has 190 valence electrons. The largest absolute Gasteiger partial charge is 0.486 e. The molecule has 1 aliphatic rings. The fourth-order valence-electron chi connectivity index (χ4n) is 4.15. The number of aromatic nitrogens is 1. The van der Waals surface area contributed by atoms with Crippen LogP contribution in [0.25, 0.3) is 0 Å². The van der Waals surface area contributed by atoms with E-state index in [1.165, 1.54) is 16.9 Å². The van der Waals surface area contributed by atoms with Crippen LogP contribution in [0.2, 0.25) is 0 Å². The fraction of sp³-hybridized carbons (Fsp3) is 0.393. The summed E-state index contributed by atoms with van der Waals surface area (Å²) >= 11 is 1.42. The molecule has 7 nitrogen and oxygen atoms in total. The van der Waals surface area contributed by atoms with Crippen LogP contribution in [0.4, 0.5) is 0 Å². The highest BCUT2D eigenvalue weighted by atomic mass is 32.1. The molecule has 0 aliphatic heterocycles. The Morgan fingerprint density at radius 1 is 0.917 bits per heavy atom. The predicted octanol–water partition coefficient (Wildman–Crippen LogP) is 5.08. The van der Waals surface area contributed by atoms with Crippen molar-refractivity contribution in [1.29, 1.82) is 0 Å². The molecule has 0 spiro atoms. The maximum atomic E-state index is 12.7. The molecule has 2 aromatic carbocycles. The number of benzene rings is 2. The number of carbonyl (C=O) groups is 2. The summed E-state index contributed by atoms with van der Waals surface area (Å²) in [5, 5.41) is 8.65. The highest BCUT2D eigenvalue weighted by Crippen LogP contribution is 2.22. The van der Waals surface area contributed by atoms with E-state index in [9.17, 15) is 9.59 Å². The van der Waals surface area contributed by atoms with Crippen LogP contribution in [0.15, 0.2) is 60.0 Å². The maximum absolute atomic E-state index is 12.7. The third-order valence-electron chi connectivity index (χ3n) is 6.23. The van der Waals surface area contributed by atoms with Gasteiger partial charge in [-0.2, -0.15) is 0 Å². The number of nitrogens with zero attached hydrogens (tertiary/aromatic N) is 1. The van der Waals surface area contributed by atoms with Crippen molar-refractivity contribution in [2.45, 2.75) is 64.1 Å². The van der Waals surface area contributed by atoms with Gasteiger partial charge in [0.25, 0.3) is 11.8 Å². The summed E-state index contributed by atoms with van der Waals surface area (Å²) in [6.07, 6.45) is 3.24. The molecule has 0 saturated heterocycles. The van der Waals surface area contributed by atoms with E-state index in [0.717, 1.165) is 36.4 Å². The van der Waals surface area contributed by atoms with Crippen LogP contribution >= 0.6 is 11.3 Å². The van der Waals surface area contributed by atoms with E-state index in [1.54, 1.807) is 5.38 Å². The second-order valence-electron chi connectivity index (χ2n) is 9.33. The Hall–Kier alpha value is -3.39. The number of rotatable bonds is 10. The van der Waals surface area contributed by atoms with Gasteiger partial charge < -0.3 is 20.1 Å². The van der Waals surface area contributed by atoms with Gasteiger partial charge in [0.1, 0.15) is 28.8 Å². The quantitative estimate of drug-likeness (QED) is 0.399. The second-order valence-corrected chi connectivity index (χ2v) is 10.3. The Labute approximate surface area is 216 Å². The molecule has 1 aromatic heterocycles. The average molecular weight is 508 g/mol. The van der Waals surface area contributed by atoms with Crippen LogP contribution in [0.5, 0.6) is 11.5 Å². The molecule has 0 unspecified atom stereocenters. The van der Waals surface area contributed by atoms with E-state index in [4.69, 9.17) is 9.47 Å². The lowest BCUT2D eigenvalue weighted by atomic mass is 9.91. The Kier molecular flexibility index (Phi) is 8.95. The number of carbonyl (C=O) groups excluding carboxylic acids is 2. The minimum absolute atomic E-state index is 0.000193. The van der Waals surface area contributed by atoms with Gasteiger partial charge in [-0.25, -0.2) is 4.98 Å².